The monoisotopic (exact) mass is 354 g/mol. The van der Waals surface area contributed by atoms with E-state index in [0.29, 0.717) is 17.9 Å². The molecule has 1 aromatic carbocycles. The maximum Gasteiger partial charge on any atom is 0.303 e. The van der Waals surface area contributed by atoms with Crippen molar-refractivity contribution in [1.29, 1.82) is 0 Å². The lowest BCUT2D eigenvalue weighted by atomic mass is 9.92. The third-order valence-corrected chi connectivity index (χ3v) is 4.34. The average Bonchev–Trinajstić information content (AvgIpc) is 2.45. The van der Waals surface area contributed by atoms with Gasteiger partial charge in [-0.25, -0.2) is 0 Å². The molecule has 0 bridgehead atoms. The number of hydrogen-bond donors (Lipinski definition) is 2. The van der Waals surface area contributed by atoms with E-state index in [1.54, 1.807) is 6.07 Å². The van der Waals surface area contributed by atoms with Gasteiger partial charge in [-0.2, -0.15) is 0 Å². The molecule has 114 valence electrons. The van der Waals surface area contributed by atoms with Crippen molar-refractivity contribution in [3.05, 3.63) is 28.2 Å². The van der Waals surface area contributed by atoms with E-state index in [1.807, 2.05) is 12.1 Å². The lowest BCUT2D eigenvalue weighted by molar-refractivity contribution is -0.137. The Morgan fingerprint density at radius 2 is 2.19 bits per heavy atom. The predicted octanol–water partition coefficient (Wildman–Crippen LogP) is 2.63. The van der Waals surface area contributed by atoms with Gasteiger partial charge in [0.05, 0.1) is 5.56 Å². The first-order valence-corrected chi connectivity index (χ1v) is 7.82. The van der Waals surface area contributed by atoms with Crippen molar-refractivity contribution in [3.63, 3.8) is 0 Å². The van der Waals surface area contributed by atoms with Crippen LogP contribution in [0.4, 0.5) is 5.69 Å². The molecule has 0 aromatic heterocycles. The van der Waals surface area contributed by atoms with Gasteiger partial charge in [-0.05, 0) is 43.4 Å². The van der Waals surface area contributed by atoms with Gasteiger partial charge in [-0.3, -0.25) is 9.59 Å². The van der Waals surface area contributed by atoms with Gasteiger partial charge in [0.1, 0.15) is 0 Å². The number of carboxylic acids is 1. The Labute approximate surface area is 132 Å². The van der Waals surface area contributed by atoms with Crippen LogP contribution in [0.15, 0.2) is 22.7 Å². The van der Waals surface area contributed by atoms with E-state index in [1.165, 1.54) is 0 Å². The van der Waals surface area contributed by atoms with Crippen molar-refractivity contribution in [2.75, 3.05) is 18.0 Å². The van der Waals surface area contributed by atoms with E-state index >= 15 is 0 Å². The zero-order valence-corrected chi connectivity index (χ0v) is 13.3. The molecule has 21 heavy (non-hydrogen) atoms. The lowest BCUT2D eigenvalue weighted by Gasteiger charge is -2.35. The number of carbonyl (C=O) groups is 2. The molecule has 1 aromatic rings. The molecule has 1 aliphatic heterocycles. The van der Waals surface area contributed by atoms with E-state index in [4.69, 9.17) is 10.8 Å². The highest BCUT2D eigenvalue weighted by atomic mass is 79.9. The molecular weight excluding hydrogens is 336 g/mol. The molecule has 1 unspecified atom stereocenters. The number of nitrogens with two attached hydrogens (primary N) is 1. The van der Waals surface area contributed by atoms with Crippen molar-refractivity contribution in [2.24, 2.45) is 11.7 Å². The summed E-state index contributed by atoms with van der Waals surface area (Å²) in [5.41, 5.74) is 6.80. The van der Waals surface area contributed by atoms with Gasteiger partial charge < -0.3 is 15.7 Å². The van der Waals surface area contributed by atoms with Crippen molar-refractivity contribution in [2.45, 2.75) is 25.7 Å². The first-order valence-electron chi connectivity index (χ1n) is 7.03. The third-order valence-electron chi connectivity index (χ3n) is 3.85. The fraction of sp³-hybridized carbons (Fsp3) is 0.467. The van der Waals surface area contributed by atoms with E-state index in [9.17, 15) is 9.59 Å². The number of benzene rings is 1. The minimum atomic E-state index is -0.756. The number of nitrogens with zero attached hydrogens (tertiary/aromatic N) is 1. The smallest absolute Gasteiger partial charge is 0.303 e. The number of hydrogen-bond acceptors (Lipinski definition) is 3. The first-order chi connectivity index (χ1) is 9.97. The molecule has 5 nitrogen and oxygen atoms in total. The summed E-state index contributed by atoms with van der Waals surface area (Å²) in [6.45, 7) is 1.64. The van der Waals surface area contributed by atoms with E-state index in [-0.39, 0.29) is 6.42 Å². The van der Waals surface area contributed by atoms with Crippen molar-refractivity contribution < 1.29 is 14.7 Å². The molecule has 1 aliphatic rings. The Balaban J connectivity index is 2.14. The second-order valence-electron chi connectivity index (χ2n) is 5.41. The van der Waals surface area contributed by atoms with Gasteiger partial charge in [-0.15, -0.1) is 0 Å². The largest absolute Gasteiger partial charge is 0.481 e. The molecule has 0 spiro atoms. The van der Waals surface area contributed by atoms with Gasteiger partial charge >= 0.3 is 5.97 Å². The standard InChI is InChI=1S/C15H19BrN2O3/c16-11-4-5-13(12(8-11)15(17)21)18-7-1-2-10(9-18)3-6-14(19)20/h4-5,8,10H,1-3,6-7,9H2,(H2,17,21)(H,19,20). The summed E-state index contributed by atoms with van der Waals surface area (Å²) in [7, 11) is 0. The molecule has 3 N–H and O–H groups in total. The highest BCUT2D eigenvalue weighted by Crippen LogP contribution is 2.30. The maximum absolute atomic E-state index is 11.6. The quantitative estimate of drug-likeness (QED) is 0.851. The minimum absolute atomic E-state index is 0.196. The van der Waals surface area contributed by atoms with Crippen LogP contribution in [0.5, 0.6) is 0 Å². The van der Waals surface area contributed by atoms with E-state index in [2.05, 4.69) is 20.8 Å². The maximum atomic E-state index is 11.6. The topological polar surface area (TPSA) is 83.6 Å². The molecule has 1 atom stereocenters. The zero-order valence-electron chi connectivity index (χ0n) is 11.7. The predicted molar refractivity (Wildman–Crippen MR) is 84.5 cm³/mol. The third kappa shape index (κ3) is 4.20. The highest BCUT2D eigenvalue weighted by molar-refractivity contribution is 9.10. The Hall–Kier alpha value is -1.56. The normalized spacial score (nSPS) is 18.5. The Bertz CT molecular complexity index is 548. The van der Waals surface area contributed by atoms with Crippen LogP contribution >= 0.6 is 15.9 Å². The summed E-state index contributed by atoms with van der Waals surface area (Å²) < 4.78 is 0.819. The molecule has 1 heterocycles. The number of carbonyl (C=O) groups excluding carboxylic acids is 1. The first kappa shape index (κ1) is 15.8. The Kier molecular flexibility index (Phi) is 5.22. The van der Waals surface area contributed by atoms with Crippen LogP contribution in [-0.2, 0) is 4.79 Å². The fourth-order valence-electron chi connectivity index (χ4n) is 2.83. The molecule has 1 amide bonds. The summed E-state index contributed by atoms with van der Waals surface area (Å²) in [5, 5.41) is 8.79. The molecule has 6 heteroatoms. The van der Waals surface area contributed by atoms with Crippen molar-refractivity contribution >= 4 is 33.5 Å². The number of aliphatic carboxylic acids is 1. The van der Waals surface area contributed by atoms with Gasteiger partial charge in [0.15, 0.2) is 0 Å². The molecule has 0 radical (unpaired) electrons. The van der Waals surface area contributed by atoms with Crippen molar-refractivity contribution in [1.82, 2.24) is 0 Å². The number of amides is 1. The summed E-state index contributed by atoms with van der Waals surface area (Å²) in [6, 6.07) is 5.52. The molecule has 2 rings (SSSR count). The van der Waals surface area contributed by atoms with Gasteiger partial charge in [0.2, 0.25) is 0 Å². The second-order valence-corrected chi connectivity index (χ2v) is 6.33. The van der Waals surface area contributed by atoms with Crippen LogP contribution in [0.1, 0.15) is 36.0 Å². The van der Waals surface area contributed by atoms with E-state index in [0.717, 1.165) is 36.1 Å². The van der Waals surface area contributed by atoms with Crippen LogP contribution in [0, 0.1) is 5.92 Å². The van der Waals surface area contributed by atoms with Crippen LogP contribution in [-0.4, -0.2) is 30.1 Å². The number of halogens is 1. The summed E-state index contributed by atoms with van der Waals surface area (Å²) >= 11 is 3.35. The van der Waals surface area contributed by atoms with Crippen molar-refractivity contribution in [3.8, 4) is 0 Å². The van der Waals surface area contributed by atoms with E-state index < -0.39 is 11.9 Å². The number of piperidine rings is 1. The second kappa shape index (κ2) is 6.93. The average molecular weight is 355 g/mol. The van der Waals surface area contributed by atoms with Crippen LogP contribution in [0.3, 0.4) is 0 Å². The van der Waals surface area contributed by atoms with Gasteiger partial charge in [-0.1, -0.05) is 15.9 Å². The molecule has 1 fully saturated rings. The minimum Gasteiger partial charge on any atom is -0.481 e. The van der Waals surface area contributed by atoms with Gasteiger partial charge in [0, 0.05) is 29.7 Å². The molecule has 0 saturated carbocycles. The SMILES string of the molecule is NC(=O)c1cc(Br)ccc1N1CCCC(CCC(=O)O)C1. The lowest BCUT2D eigenvalue weighted by Crippen LogP contribution is -2.37. The number of rotatable bonds is 5. The summed E-state index contributed by atoms with van der Waals surface area (Å²) in [4.78, 5) is 24.4. The van der Waals surface area contributed by atoms with Crippen LogP contribution < -0.4 is 10.6 Å². The molecule has 1 saturated heterocycles. The highest BCUT2D eigenvalue weighted by Gasteiger charge is 2.23. The fourth-order valence-corrected chi connectivity index (χ4v) is 3.19. The summed E-state index contributed by atoms with van der Waals surface area (Å²) in [5.74, 6) is -0.855. The number of primary amides is 1. The Morgan fingerprint density at radius 1 is 1.43 bits per heavy atom. The van der Waals surface area contributed by atoms with Crippen LogP contribution in [0.2, 0.25) is 0 Å². The Morgan fingerprint density at radius 3 is 2.86 bits per heavy atom. The number of carboxylic acid groups (broad SMARTS) is 1. The van der Waals surface area contributed by atoms with Crippen LogP contribution in [0.25, 0.3) is 0 Å². The summed E-state index contributed by atoms with van der Waals surface area (Å²) in [6.07, 6.45) is 2.90. The van der Waals surface area contributed by atoms with Gasteiger partial charge in [0.25, 0.3) is 5.91 Å². The zero-order chi connectivity index (χ0) is 15.4. The molecule has 0 aliphatic carbocycles. The molecular formula is C15H19BrN2O3. The number of anilines is 1.